The molecule has 0 fully saturated rings. The van der Waals surface area contributed by atoms with Gasteiger partial charge in [0.15, 0.2) is 0 Å². The number of hydrogen-bond acceptors (Lipinski definition) is 2. The smallest absolute Gasteiger partial charge is 0.248 e. The molecule has 0 saturated carbocycles. The van der Waals surface area contributed by atoms with Gasteiger partial charge in [-0.25, -0.2) is 0 Å². The number of rotatable bonds is 2. The molecule has 4 nitrogen and oxygen atoms in total. The average molecular weight is 247 g/mol. The quantitative estimate of drug-likeness (QED) is 0.701. The van der Waals surface area contributed by atoms with Crippen molar-refractivity contribution < 1.29 is 8.91 Å². The number of aromatic amines is 1. The lowest BCUT2D eigenvalue weighted by molar-refractivity contribution is 0.100. The molecule has 94 valence electrons. The lowest BCUT2D eigenvalue weighted by Gasteiger charge is -2.21. The summed E-state index contributed by atoms with van der Waals surface area (Å²) in [5.41, 5.74) is 8.95. The fourth-order valence-electron chi connectivity index (χ4n) is 2.69. The third-order valence-electron chi connectivity index (χ3n) is 3.68. The van der Waals surface area contributed by atoms with Crippen molar-refractivity contribution in [3.8, 4) is 0 Å². The summed E-state index contributed by atoms with van der Waals surface area (Å²) >= 11 is 0. The van der Waals surface area contributed by atoms with Gasteiger partial charge in [0, 0.05) is 32.3 Å². The van der Waals surface area contributed by atoms with Crippen LogP contribution in [-0.2, 0) is 12.8 Å². The fourth-order valence-corrected chi connectivity index (χ4v) is 2.69. The molecule has 1 atom stereocenters. The van der Waals surface area contributed by atoms with Gasteiger partial charge in [0.2, 0.25) is 5.91 Å². The van der Waals surface area contributed by atoms with E-state index in [-0.39, 0.29) is 6.04 Å². The molecular weight excluding hydrogens is 227 g/mol. The van der Waals surface area contributed by atoms with Gasteiger partial charge in [-0.05, 0) is 50.0 Å². The maximum Gasteiger partial charge on any atom is 0.248 e. The molecule has 0 saturated heterocycles. The molecule has 1 amide bonds. The number of aromatic nitrogens is 1. The van der Waals surface area contributed by atoms with Gasteiger partial charge in [0.05, 0.1) is 0 Å². The Kier molecular flexibility index (Phi) is 1.91. The summed E-state index contributed by atoms with van der Waals surface area (Å²) in [7, 11) is 0. The first-order valence-corrected chi connectivity index (χ1v) is 6.04. The zero-order valence-electron chi connectivity index (χ0n) is 12.9. The topological polar surface area (TPSA) is 70.9 Å². The van der Waals surface area contributed by atoms with Crippen molar-refractivity contribution in [2.45, 2.75) is 25.3 Å². The first kappa shape index (κ1) is 8.32. The molecular formula is C14H17N3O. The Labute approximate surface area is 110 Å². The number of benzene rings is 1. The molecule has 0 bridgehead atoms. The summed E-state index contributed by atoms with van der Waals surface area (Å²) in [6.45, 7) is -2.13. The molecule has 1 aliphatic carbocycles. The number of hydrogen-bond donors (Lipinski definition) is 3. The van der Waals surface area contributed by atoms with Crippen LogP contribution in [0, 0.1) is 0 Å². The van der Waals surface area contributed by atoms with E-state index in [0.717, 1.165) is 35.0 Å². The Bertz CT molecular complexity index is 705. The van der Waals surface area contributed by atoms with E-state index < -0.39 is 12.9 Å². The zero-order chi connectivity index (χ0) is 15.2. The Morgan fingerprint density at radius 2 is 2.50 bits per heavy atom. The van der Waals surface area contributed by atoms with Crippen LogP contribution in [0.5, 0.6) is 0 Å². The molecule has 1 aromatic heterocycles. The van der Waals surface area contributed by atoms with Crippen LogP contribution in [0.3, 0.4) is 0 Å². The largest absolute Gasteiger partial charge is 0.366 e. The number of H-pyrrole nitrogens is 1. The molecule has 4 N–H and O–H groups in total. The predicted molar refractivity (Wildman–Crippen MR) is 71.7 cm³/mol. The van der Waals surface area contributed by atoms with Gasteiger partial charge in [-0.1, -0.05) is 0 Å². The van der Waals surface area contributed by atoms with Crippen molar-refractivity contribution in [2.24, 2.45) is 5.73 Å². The number of carbonyl (C=O) groups excluding carboxylic acids is 1. The molecule has 1 heterocycles. The normalized spacial score (nSPS) is 22.0. The maximum absolute atomic E-state index is 11.3. The van der Waals surface area contributed by atoms with Crippen molar-refractivity contribution >= 4 is 16.8 Å². The molecule has 0 aliphatic heterocycles. The van der Waals surface area contributed by atoms with Gasteiger partial charge in [-0.15, -0.1) is 0 Å². The third-order valence-corrected chi connectivity index (χ3v) is 3.68. The Morgan fingerprint density at radius 1 is 1.61 bits per heavy atom. The van der Waals surface area contributed by atoms with Crippen LogP contribution in [0.1, 0.15) is 32.1 Å². The van der Waals surface area contributed by atoms with Gasteiger partial charge < -0.3 is 16.0 Å². The summed E-state index contributed by atoms with van der Waals surface area (Å²) in [5.74, 6) is -0.458. The van der Waals surface area contributed by atoms with E-state index in [2.05, 4.69) is 10.3 Å². The van der Waals surface area contributed by atoms with E-state index in [0.29, 0.717) is 12.0 Å². The first-order chi connectivity index (χ1) is 9.83. The van der Waals surface area contributed by atoms with Crippen LogP contribution in [0.2, 0.25) is 0 Å². The Balaban J connectivity index is 1.97. The second kappa shape index (κ2) is 4.14. The van der Waals surface area contributed by atoms with E-state index in [4.69, 9.17) is 9.85 Å². The van der Waals surface area contributed by atoms with Crippen LogP contribution in [-0.4, -0.2) is 23.9 Å². The number of primary amides is 1. The highest BCUT2D eigenvalue weighted by Gasteiger charge is 2.21. The number of amides is 1. The van der Waals surface area contributed by atoms with E-state index in [1.165, 1.54) is 0 Å². The SMILES string of the molecule is [2H][13C]([2H])([2H])NC1CCc2[nH]c3ccc(C(N)=O)cc3c2C1. The molecule has 4 heteroatoms. The van der Waals surface area contributed by atoms with Gasteiger partial charge in [-0.2, -0.15) is 0 Å². The van der Waals surface area contributed by atoms with Gasteiger partial charge in [0.25, 0.3) is 0 Å². The molecule has 1 aromatic carbocycles. The van der Waals surface area contributed by atoms with Crippen molar-refractivity contribution in [1.82, 2.24) is 10.3 Å². The predicted octanol–water partition coefficient (Wildman–Crippen LogP) is 1.34. The lowest BCUT2D eigenvalue weighted by atomic mass is 9.91. The van der Waals surface area contributed by atoms with Crippen molar-refractivity contribution in [3.05, 3.63) is 35.0 Å². The minimum atomic E-state index is -2.13. The summed E-state index contributed by atoms with van der Waals surface area (Å²) in [5, 5.41) is 3.64. The summed E-state index contributed by atoms with van der Waals surface area (Å²) < 4.78 is 22.0. The summed E-state index contributed by atoms with van der Waals surface area (Å²) in [6, 6.07) is 5.25. The minimum absolute atomic E-state index is 0.0822. The molecule has 0 spiro atoms. The zero-order valence-corrected chi connectivity index (χ0v) is 9.92. The van der Waals surface area contributed by atoms with E-state index in [1.54, 1.807) is 12.1 Å². The molecule has 1 unspecified atom stereocenters. The number of nitrogens with one attached hydrogen (secondary N) is 2. The highest BCUT2D eigenvalue weighted by atomic mass is 16.1. The van der Waals surface area contributed by atoms with Gasteiger partial charge in [-0.3, -0.25) is 4.79 Å². The summed E-state index contributed by atoms with van der Waals surface area (Å²) in [4.78, 5) is 14.7. The van der Waals surface area contributed by atoms with E-state index in [1.807, 2.05) is 6.07 Å². The monoisotopic (exact) mass is 247 g/mol. The van der Waals surface area contributed by atoms with Crippen LogP contribution in [0.4, 0.5) is 0 Å². The van der Waals surface area contributed by atoms with Crippen LogP contribution in [0.15, 0.2) is 18.2 Å². The lowest BCUT2D eigenvalue weighted by Crippen LogP contribution is -2.31. The number of nitrogens with two attached hydrogens (primary N) is 1. The minimum Gasteiger partial charge on any atom is -0.366 e. The second-order valence-corrected chi connectivity index (χ2v) is 4.79. The number of aryl methyl sites for hydroxylation is 1. The molecule has 18 heavy (non-hydrogen) atoms. The van der Waals surface area contributed by atoms with E-state index >= 15 is 0 Å². The van der Waals surface area contributed by atoms with Crippen LogP contribution in [0.25, 0.3) is 10.9 Å². The third kappa shape index (κ3) is 1.69. The van der Waals surface area contributed by atoms with Gasteiger partial charge >= 0.3 is 0 Å². The fraction of sp³-hybridized carbons (Fsp3) is 0.357. The van der Waals surface area contributed by atoms with E-state index in [9.17, 15) is 4.79 Å². The number of likely N-dealkylation sites (N-methyl/N-ethyl adjacent to an activating group) is 1. The Morgan fingerprint density at radius 3 is 3.28 bits per heavy atom. The van der Waals surface area contributed by atoms with Crippen molar-refractivity contribution in [1.29, 1.82) is 0 Å². The summed E-state index contributed by atoms with van der Waals surface area (Å²) in [6.07, 6.45) is 2.21. The van der Waals surface area contributed by atoms with Crippen molar-refractivity contribution in [2.75, 3.05) is 6.98 Å². The van der Waals surface area contributed by atoms with Crippen LogP contribution >= 0.6 is 0 Å². The van der Waals surface area contributed by atoms with Crippen molar-refractivity contribution in [3.63, 3.8) is 0 Å². The Hall–Kier alpha value is -1.81. The highest BCUT2D eigenvalue weighted by Crippen LogP contribution is 2.29. The molecule has 3 rings (SSSR count). The highest BCUT2D eigenvalue weighted by molar-refractivity contribution is 5.98. The standard InChI is InChI=1S/C14H17N3O/c1-16-9-3-5-13-11(7-9)10-6-8(14(15)18)2-4-12(10)17-13/h2,4,6,9,16-17H,3,5,7H2,1H3,(H2,15,18)/i1+1D3. The van der Waals surface area contributed by atoms with Crippen LogP contribution < -0.4 is 11.1 Å². The number of fused-ring (bicyclic) bond motifs is 3. The number of carbonyl (C=O) groups is 1. The first-order valence-electron chi connectivity index (χ1n) is 7.54. The second-order valence-electron chi connectivity index (χ2n) is 4.79. The molecule has 2 aromatic rings. The average Bonchev–Trinajstić information content (AvgIpc) is 2.74. The maximum atomic E-state index is 11.3. The molecule has 1 aliphatic rings. The van der Waals surface area contributed by atoms with Gasteiger partial charge in [0.1, 0.15) is 0 Å². The molecule has 0 radical (unpaired) electrons.